The van der Waals surface area contributed by atoms with E-state index in [2.05, 4.69) is 4.98 Å². The fraction of sp³-hybridized carbons (Fsp3) is 0.290. The van der Waals surface area contributed by atoms with E-state index in [1.54, 1.807) is 12.1 Å². The van der Waals surface area contributed by atoms with Crippen LogP contribution in [-0.2, 0) is 17.8 Å². The van der Waals surface area contributed by atoms with Crippen LogP contribution >= 0.6 is 0 Å². The number of rotatable bonds is 9. The average molecular weight is 537 g/mol. The maximum Gasteiger partial charge on any atom is 0.261 e. The summed E-state index contributed by atoms with van der Waals surface area (Å²) < 4.78 is 48.8. The van der Waals surface area contributed by atoms with Gasteiger partial charge in [-0.15, -0.1) is 0 Å². The molecule has 0 amide bonds. The van der Waals surface area contributed by atoms with E-state index < -0.39 is 29.1 Å². The molecule has 4 aromatic rings. The summed E-state index contributed by atoms with van der Waals surface area (Å²) in [6.45, 7) is 7.26. The van der Waals surface area contributed by atoms with Gasteiger partial charge in [0.15, 0.2) is 0 Å². The first-order valence-corrected chi connectivity index (χ1v) is 12.8. The molecular formula is C31H31F3N2O3. The Kier molecular flexibility index (Phi) is 8.55. The smallest absolute Gasteiger partial charge is 0.261 e. The van der Waals surface area contributed by atoms with Crippen molar-refractivity contribution in [1.82, 2.24) is 9.55 Å². The van der Waals surface area contributed by atoms with Crippen LogP contribution in [0.5, 0.6) is 5.88 Å². The van der Waals surface area contributed by atoms with E-state index in [4.69, 9.17) is 4.74 Å². The van der Waals surface area contributed by atoms with Gasteiger partial charge >= 0.3 is 0 Å². The van der Waals surface area contributed by atoms with Crippen molar-refractivity contribution in [2.24, 2.45) is 5.92 Å². The maximum absolute atomic E-state index is 14.2. The summed E-state index contributed by atoms with van der Waals surface area (Å²) in [7, 11) is 0. The van der Waals surface area contributed by atoms with Crippen LogP contribution in [0.15, 0.2) is 71.5 Å². The summed E-state index contributed by atoms with van der Waals surface area (Å²) in [4.78, 5) is 18.3. The Hall–Kier alpha value is -3.91. The maximum atomic E-state index is 14.2. The molecule has 0 aliphatic rings. The molecule has 0 bridgehead atoms. The van der Waals surface area contributed by atoms with E-state index in [0.717, 1.165) is 22.8 Å². The van der Waals surface area contributed by atoms with Crippen LogP contribution in [-0.4, -0.2) is 20.8 Å². The van der Waals surface area contributed by atoms with E-state index in [0.29, 0.717) is 0 Å². The highest BCUT2D eigenvalue weighted by atomic mass is 19.1. The van der Waals surface area contributed by atoms with Crippen LogP contribution in [0, 0.1) is 23.4 Å². The molecule has 0 aliphatic carbocycles. The van der Waals surface area contributed by atoms with Gasteiger partial charge < -0.3 is 9.84 Å². The SMILES string of the molecule is CC(C)OCc1nc(O)c(Cc2ccc(-c3ccc(F)cc3)cc2)c(=O)n1[C@H](c1cc(F)cc(F)c1)C(C)C. The lowest BCUT2D eigenvalue weighted by molar-refractivity contribution is 0.0570. The zero-order chi connectivity index (χ0) is 28.3. The summed E-state index contributed by atoms with van der Waals surface area (Å²) in [6.07, 6.45) is -0.101. The fourth-order valence-corrected chi connectivity index (χ4v) is 4.63. The van der Waals surface area contributed by atoms with Crippen molar-refractivity contribution in [2.75, 3.05) is 0 Å². The number of hydrogen-bond acceptors (Lipinski definition) is 4. The Balaban J connectivity index is 1.79. The molecule has 39 heavy (non-hydrogen) atoms. The van der Waals surface area contributed by atoms with Crippen LogP contribution in [0.1, 0.15) is 56.3 Å². The molecule has 4 rings (SSSR count). The second-order valence-corrected chi connectivity index (χ2v) is 10.1. The summed E-state index contributed by atoms with van der Waals surface area (Å²) in [6, 6.07) is 15.9. The second-order valence-electron chi connectivity index (χ2n) is 10.1. The van der Waals surface area contributed by atoms with E-state index in [-0.39, 0.29) is 47.8 Å². The number of nitrogens with zero attached hydrogens (tertiary/aromatic N) is 2. The molecule has 3 aromatic carbocycles. The quantitative estimate of drug-likeness (QED) is 0.256. The largest absolute Gasteiger partial charge is 0.493 e. The summed E-state index contributed by atoms with van der Waals surface area (Å²) in [5, 5.41) is 10.8. The number of aromatic nitrogens is 2. The van der Waals surface area contributed by atoms with Gasteiger partial charge in [-0.25, -0.2) is 13.2 Å². The van der Waals surface area contributed by atoms with Gasteiger partial charge in [-0.1, -0.05) is 50.2 Å². The highest BCUT2D eigenvalue weighted by molar-refractivity contribution is 5.63. The topological polar surface area (TPSA) is 64.3 Å². The van der Waals surface area contributed by atoms with Gasteiger partial charge in [-0.3, -0.25) is 9.36 Å². The minimum absolute atomic E-state index is 0.0559. The lowest BCUT2D eigenvalue weighted by Gasteiger charge is -2.27. The van der Waals surface area contributed by atoms with Gasteiger partial charge in [-0.05, 0) is 66.3 Å². The highest BCUT2D eigenvalue weighted by Gasteiger charge is 2.27. The average Bonchev–Trinajstić information content (AvgIpc) is 2.87. The third kappa shape index (κ3) is 6.57. The molecule has 1 atom stereocenters. The zero-order valence-corrected chi connectivity index (χ0v) is 22.3. The summed E-state index contributed by atoms with van der Waals surface area (Å²) in [5.41, 5.74) is 2.26. The molecule has 0 unspecified atom stereocenters. The second kappa shape index (κ2) is 11.9. The van der Waals surface area contributed by atoms with Crippen molar-refractivity contribution in [3.05, 3.63) is 117 Å². The Bertz CT molecular complexity index is 1480. The predicted molar refractivity (Wildman–Crippen MR) is 144 cm³/mol. The van der Waals surface area contributed by atoms with Gasteiger partial charge in [0, 0.05) is 12.5 Å². The van der Waals surface area contributed by atoms with Crippen molar-refractivity contribution >= 4 is 0 Å². The molecule has 0 radical (unpaired) electrons. The van der Waals surface area contributed by atoms with E-state index in [1.807, 2.05) is 52.0 Å². The fourth-order valence-electron chi connectivity index (χ4n) is 4.63. The van der Waals surface area contributed by atoms with Crippen molar-refractivity contribution < 1.29 is 23.0 Å². The molecule has 0 aliphatic heterocycles. The third-order valence-corrected chi connectivity index (χ3v) is 6.45. The minimum atomic E-state index is -0.763. The molecule has 1 N–H and O–H groups in total. The number of benzene rings is 3. The molecule has 1 heterocycles. The number of hydrogen-bond donors (Lipinski definition) is 1. The first-order chi connectivity index (χ1) is 18.5. The highest BCUT2D eigenvalue weighted by Crippen LogP contribution is 2.30. The third-order valence-electron chi connectivity index (χ3n) is 6.45. The Morgan fingerprint density at radius 1 is 0.846 bits per heavy atom. The van der Waals surface area contributed by atoms with Gasteiger partial charge in [0.05, 0.1) is 17.7 Å². The van der Waals surface area contributed by atoms with Crippen LogP contribution in [0.2, 0.25) is 0 Å². The lowest BCUT2D eigenvalue weighted by atomic mass is 9.94. The van der Waals surface area contributed by atoms with E-state index >= 15 is 0 Å². The molecule has 0 saturated carbocycles. The van der Waals surface area contributed by atoms with Crippen molar-refractivity contribution in [1.29, 1.82) is 0 Å². The number of ether oxygens (including phenoxy) is 1. The molecular weight excluding hydrogens is 505 g/mol. The molecule has 204 valence electrons. The summed E-state index contributed by atoms with van der Waals surface area (Å²) in [5.74, 6) is -2.35. The normalized spacial score (nSPS) is 12.3. The summed E-state index contributed by atoms with van der Waals surface area (Å²) >= 11 is 0. The van der Waals surface area contributed by atoms with Gasteiger partial charge in [0.25, 0.3) is 5.56 Å². The molecule has 1 aromatic heterocycles. The molecule has 0 fully saturated rings. The molecule has 8 heteroatoms. The van der Waals surface area contributed by atoms with Gasteiger partial charge in [0.2, 0.25) is 5.88 Å². The first-order valence-electron chi connectivity index (χ1n) is 12.8. The number of aromatic hydroxyl groups is 1. The van der Waals surface area contributed by atoms with Crippen LogP contribution in [0.3, 0.4) is 0 Å². The van der Waals surface area contributed by atoms with Gasteiger partial charge in [-0.2, -0.15) is 4.98 Å². The zero-order valence-electron chi connectivity index (χ0n) is 22.3. The van der Waals surface area contributed by atoms with Crippen LogP contribution < -0.4 is 5.56 Å². The molecule has 5 nitrogen and oxygen atoms in total. The number of halogens is 3. The predicted octanol–water partition coefficient (Wildman–Crippen LogP) is 6.79. The van der Waals surface area contributed by atoms with Crippen LogP contribution in [0.25, 0.3) is 11.1 Å². The van der Waals surface area contributed by atoms with Crippen molar-refractivity contribution in [2.45, 2.75) is 52.9 Å². The first kappa shape index (κ1) is 28.1. The van der Waals surface area contributed by atoms with Crippen LogP contribution in [0.4, 0.5) is 13.2 Å². The minimum Gasteiger partial charge on any atom is -0.493 e. The monoisotopic (exact) mass is 536 g/mol. The Labute approximate surface area is 225 Å². The van der Waals surface area contributed by atoms with E-state index in [9.17, 15) is 23.1 Å². The van der Waals surface area contributed by atoms with E-state index in [1.165, 1.54) is 28.8 Å². The van der Waals surface area contributed by atoms with Crippen molar-refractivity contribution in [3.8, 4) is 17.0 Å². The molecule has 0 saturated heterocycles. The van der Waals surface area contributed by atoms with Gasteiger partial charge in [0.1, 0.15) is 29.9 Å². The lowest BCUT2D eigenvalue weighted by Crippen LogP contribution is -2.35. The standard InChI is InChI=1S/C31H31F3N2O3/c1-18(2)29(23-14-25(33)16-26(34)15-23)36-28(17-39-19(3)4)35-30(37)27(31(36)38)13-20-5-7-21(8-6-20)22-9-11-24(32)12-10-22/h5-12,14-16,18-19,29,37H,13,17H2,1-4H3/t29-/m0/s1. The molecule has 0 spiro atoms. The van der Waals surface area contributed by atoms with Crippen molar-refractivity contribution in [3.63, 3.8) is 0 Å². The Morgan fingerprint density at radius 3 is 1.95 bits per heavy atom. The Morgan fingerprint density at radius 2 is 1.41 bits per heavy atom.